The predicted molar refractivity (Wildman–Crippen MR) is 115 cm³/mol. The average molecular weight is 429 g/mol. The molecule has 1 aliphatic rings. The second-order valence-electron chi connectivity index (χ2n) is 7.79. The molecule has 1 N–H and O–H groups in total. The molecular weight excluding hydrogens is 406 g/mol. The smallest absolute Gasteiger partial charge is 0.295 e. The van der Waals surface area contributed by atoms with E-state index in [0.29, 0.717) is 16.9 Å². The number of amides is 1. The summed E-state index contributed by atoms with van der Waals surface area (Å²) in [6.07, 6.45) is 6.68. The van der Waals surface area contributed by atoms with Gasteiger partial charge in [0.25, 0.3) is 5.91 Å². The van der Waals surface area contributed by atoms with Crippen LogP contribution in [0.25, 0.3) is 5.76 Å². The molecule has 0 aliphatic carbocycles. The van der Waals surface area contributed by atoms with Crippen molar-refractivity contribution in [3.63, 3.8) is 0 Å². The second kappa shape index (κ2) is 9.01. The van der Waals surface area contributed by atoms with Crippen LogP contribution < -0.4 is 14.8 Å². The largest absolute Gasteiger partial charge is 0.872 e. The van der Waals surface area contributed by atoms with Crippen molar-refractivity contribution < 1.29 is 24.4 Å². The average Bonchev–Trinajstić information content (AvgIpc) is 3.05. The molecule has 7 heteroatoms. The Morgan fingerprint density at radius 3 is 2.47 bits per heavy atom. The van der Waals surface area contributed by atoms with E-state index in [0.717, 1.165) is 5.56 Å². The number of pyridine rings is 2. The number of carbonyl (C=O) groups excluding carboxylic acids is 2. The molecule has 7 nitrogen and oxygen atoms in total. The van der Waals surface area contributed by atoms with Crippen LogP contribution >= 0.6 is 0 Å². The Kier molecular flexibility index (Phi) is 5.98. The highest BCUT2D eigenvalue weighted by Gasteiger charge is 2.44. The van der Waals surface area contributed by atoms with Crippen LogP contribution in [-0.4, -0.2) is 27.7 Å². The second-order valence-corrected chi connectivity index (χ2v) is 7.79. The number of nitrogens with one attached hydrogen (secondary N) is 1. The normalized spacial score (nSPS) is 17.7. The number of benzene rings is 1. The van der Waals surface area contributed by atoms with E-state index in [4.69, 9.17) is 4.74 Å². The van der Waals surface area contributed by atoms with Gasteiger partial charge < -0.3 is 14.7 Å². The van der Waals surface area contributed by atoms with Gasteiger partial charge in [-0.15, -0.1) is 0 Å². The third kappa shape index (κ3) is 4.23. The Morgan fingerprint density at radius 1 is 1.12 bits per heavy atom. The monoisotopic (exact) mass is 429 g/mol. The number of aromatic nitrogens is 2. The van der Waals surface area contributed by atoms with E-state index in [1.807, 2.05) is 26.0 Å². The maximum atomic E-state index is 13.4. The van der Waals surface area contributed by atoms with Gasteiger partial charge in [0.15, 0.2) is 12.4 Å². The van der Waals surface area contributed by atoms with Gasteiger partial charge >= 0.3 is 0 Å². The van der Waals surface area contributed by atoms with Crippen LogP contribution in [0.1, 0.15) is 36.6 Å². The quantitative estimate of drug-likeness (QED) is 0.340. The van der Waals surface area contributed by atoms with E-state index in [1.54, 1.807) is 61.2 Å². The van der Waals surface area contributed by atoms with Gasteiger partial charge in [0.1, 0.15) is 5.75 Å². The minimum atomic E-state index is -0.794. The Morgan fingerprint density at radius 2 is 1.84 bits per heavy atom. The first-order chi connectivity index (χ1) is 15.5. The molecule has 1 unspecified atom stereocenters. The SMILES string of the molecule is CC(C)Oc1ccc(/C([O-])=C2\C(=O)C(=O)N(Cc3ccc[nH+]c3)C2c2ccncc2)cc1. The van der Waals surface area contributed by atoms with Crippen molar-refractivity contribution >= 4 is 17.4 Å². The fraction of sp³-hybridized carbons (Fsp3) is 0.200. The summed E-state index contributed by atoms with van der Waals surface area (Å²) in [6.45, 7) is 4.01. The fourth-order valence-electron chi connectivity index (χ4n) is 3.76. The number of likely N-dealkylation sites (tertiary alicyclic amines) is 1. The van der Waals surface area contributed by atoms with E-state index in [1.165, 1.54) is 4.90 Å². The van der Waals surface area contributed by atoms with Crippen molar-refractivity contribution in [3.05, 3.63) is 95.6 Å². The van der Waals surface area contributed by atoms with Crippen molar-refractivity contribution in [1.82, 2.24) is 9.88 Å². The third-order valence-corrected chi connectivity index (χ3v) is 5.16. The Balaban J connectivity index is 1.78. The first kappa shape index (κ1) is 21.2. The molecule has 0 spiro atoms. The van der Waals surface area contributed by atoms with E-state index >= 15 is 0 Å². The van der Waals surface area contributed by atoms with Gasteiger partial charge in [-0.05, 0) is 55.3 Å². The van der Waals surface area contributed by atoms with Gasteiger partial charge in [0.2, 0.25) is 5.78 Å². The summed E-state index contributed by atoms with van der Waals surface area (Å²) in [4.78, 5) is 34.4. The van der Waals surface area contributed by atoms with Crippen molar-refractivity contribution in [1.29, 1.82) is 0 Å². The standard InChI is InChI=1S/C25H23N3O4/c1-16(2)32-20-7-5-19(6-8-20)23(29)21-22(18-9-12-26-13-10-18)28(25(31)24(21)30)15-17-4-3-11-27-14-17/h3-14,16,22,29H,15H2,1-2H3/b23-21+. The van der Waals surface area contributed by atoms with Crippen molar-refractivity contribution in [2.75, 3.05) is 0 Å². The first-order valence-electron chi connectivity index (χ1n) is 10.3. The number of hydrogen-bond donors (Lipinski definition) is 0. The number of Topliss-reactive ketones (excluding diaryl/α,β-unsaturated/α-hetero) is 1. The van der Waals surface area contributed by atoms with E-state index in [-0.39, 0.29) is 18.2 Å². The molecule has 3 heterocycles. The van der Waals surface area contributed by atoms with Gasteiger partial charge in [0, 0.05) is 29.6 Å². The van der Waals surface area contributed by atoms with E-state index in [9.17, 15) is 14.7 Å². The molecule has 4 rings (SSSR count). The summed E-state index contributed by atoms with van der Waals surface area (Å²) in [5.41, 5.74) is 1.74. The first-order valence-corrected chi connectivity index (χ1v) is 10.3. The lowest BCUT2D eigenvalue weighted by Crippen LogP contribution is -2.29. The van der Waals surface area contributed by atoms with Crippen molar-refractivity contribution in [2.45, 2.75) is 32.5 Å². The summed E-state index contributed by atoms with van der Waals surface area (Å²) in [7, 11) is 0. The lowest BCUT2D eigenvalue weighted by Gasteiger charge is -2.27. The van der Waals surface area contributed by atoms with Crippen molar-refractivity contribution in [2.24, 2.45) is 0 Å². The summed E-state index contributed by atoms with van der Waals surface area (Å²) < 4.78 is 5.63. The molecule has 0 saturated carbocycles. The summed E-state index contributed by atoms with van der Waals surface area (Å²) in [6, 6.07) is 12.9. The van der Waals surface area contributed by atoms with E-state index < -0.39 is 23.5 Å². The number of H-pyrrole nitrogens is 1. The van der Waals surface area contributed by atoms with Gasteiger partial charge in [-0.25, -0.2) is 4.98 Å². The molecule has 3 aromatic rings. The number of nitrogens with zero attached hydrogens (tertiary/aromatic N) is 2. The number of rotatable bonds is 6. The molecule has 1 fully saturated rings. The predicted octanol–water partition coefficient (Wildman–Crippen LogP) is 2.11. The summed E-state index contributed by atoms with van der Waals surface area (Å²) in [5.74, 6) is -1.32. The van der Waals surface area contributed by atoms with Crippen LogP contribution in [0.3, 0.4) is 0 Å². The van der Waals surface area contributed by atoms with Crippen LogP contribution in [0.4, 0.5) is 0 Å². The number of aromatic amines is 1. The molecule has 0 radical (unpaired) electrons. The zero-order valence-electron chi connectivity index (χ0n) is 17.8. The number of ether oxygens (including phenoxy) is 1. The molecule has 162 valence electrons. The minimum absolute atomic E-state index is 0.000168. The highest BCUT2D eigenvalue weighted by atomic mass is 16.5. The summed E-state index contributed by atoms with van der Waals surface area (Å²) >= 11 is 0. The molecule has 1 aliphatic heterocycles. The van der Waals surface area contributed by atoms with Crippen LogP contribution in [0.2, 0.25) is 0 Å². The minimum Gasteiger partial charge on any atom is -0.872 e. The zero-order chi connectivity index (χ0) is 22.7. The molecule has 2 aromatic heterocycles. The molecule has 0 bridgehead atoms. The Labute approximate surface area is 186 Å². The van der Waals surface area contributed by atoms with Gasteiger partial charge in [-0.1, -0.05) is 17.9 Å². The molecule has 1 atom stereocenters. The van der Waals surface area contributed by atoms with Crippen LogP contribution in [0.15, 0.2) is 78.9 Å². The Hall–Kier alpha value is -4.00. The fourth-order valence-corrected chi connectivity index (χ4v) is 3.76. The molecular formula is C25H23N3O4. The highest BCUT2D eigenvalue weighted by Crippen LogP contribution is 2.39. The van der Waals surface area contributed by atoms with Crippen molar-refractivity contribution in [3.8, 4) is 5.75 Å². The lowest BCUT2D eigenvalue weighted by molar-refractivity contribution is -0.378. The lowest BCUT2D eigenvalue weighted by atomic mass is 9.96. The van der Waals surface area contributed by atoms with Crippen LogP contribution in [0.5, 0.6) is 5.75 Å². The number of hydrogen-bond acceptors (Lipinski definition) is 5. The highest BCUT2D eigenvalue weighted by molar-refractivity contribution is 6.46. The maximum absolute atomic E-state index is 13.4. The van der Waals surface area contributed by atoms with Crippen LogP contribution in [0, 0.1) is 0 Å². The topological polar surface area (TPSA) is 96.7 Å². The third-order valence-electron chi connectivity index (χ3n) is 5.16. The molecule has 1 amide bonds. The molecule has 1 saturated heterocycles. The zero-order valence-corrected chi connectivity index (χ0v) is 17.8. The van der Waals surface area contributed by atoms with E-state index in [2.05, 4.69) is 9.97 Å². The molecule has 32 heavy (non-hydrogen) atoms. The number of carbonyl (C=O) groups is 2. The Bertz CT molecular complexity index is 1140. The maximum Gasteiger partial charge on any atom is 0.295 e. The van der Waals surface area contributed by atoms with Gasteiger partial charge in [-0.2, -0.15) is 0 Å². The van der Waals surface area contributed by atoms with Crippen LogP contribution in [-0.2, 0) is 16.1 Å². The summed E-state index contributed by atoms with van der Waals surface area (Å²) in [5, 5.41) is 13.4. The number of ketones is 1. The van der Waals surface area contributed by atoms with Gasteiger partial charge in [0.05, 0.1) is 18.7 Å². The molecule has 1 aromatic carbocycles. The van der Waals surface area contributed by atoms with Gasteiger partial charge in [-0.3, -0.25) is 14.6 Å².